The number of rotatable bonds is 2. The lowest BCUT2D eigenvalue weighted by molar-refractivity contribution is 0.102. The minimum Gasteiger partial charge on any atom is -0.322 e. The van der Waals surface area contributed by atoms with Crippen LogP contribution in [0.3, 0.4) is 0 Å². The van der Waals surface area contributed by atoms with Crippen molar-refractivity contribution in [1.29, 1.82) is 0 Å². The molecule has 0 unspecified atom stereocenters. The Morgan fingerprint density at radius 2 is 1.90 bits per heavy atom. The van der Waals surface area contributed by atoms with Crippen molar-refractivity contribution in [3.05, 3.63) is 59.8 Å². The van der Waals surface area contributed by atoms with Crippen LogP contribution >= 0.6 is 0 Å². The standard InChI is InChI=1S/C16H15N3O/c1-11-3-7-14(8-4-11)17-16(20)12-5-6-13-10-19(2)18-15(13)9-12/h3-10H,1-2H3,(H,17,20). The Kier molecular flexibility index (Phi) is 2.99. The number of benzene rings is 2. The van der Waals surface area contributed by atoms with Crippen LogP contribution in [0, 0.1) is 6.92 Å². The van der Waals surface area contributed by atoms with E-state index >= 15 is 0 Å². The summed E-state index contributed by atoms with van der Waals surface area (Å²) in [4.78, 5) is 12.2. The highest BCUT2D eigenvalue weighted by molar-refractivity contribution is 6.06. The van der Waals surface area contributed by atoms with Crippen LogP contribution in [0.25, 0.3) is 10.9 Å². The topological polar surface area (TPSA) is 46.9 Å². The maximum atomic E-state index is 12.2. The first-order valence-electron chi connectivity index (χ1n) is 6.43. The van der Waals surface area contributed by atoms with Crippen LogP contribution < -0.4 is 5.32 Å². The molecule has 3 aromatic rings. The van der Waals surface area contributed by atoms with Gasteiger partial charge in [-0.2, -0.15) is 5.10 Å². The summed E-state index contributed by atoms with van der Waals surface area (Å²) >= 11 is 0. The predicted octanol–water partition coefficient (Wildman–Crippen LogP) is 3.13. The predicted molar refractivity (Wildman–Crippen MR) is 79.8 cm³/mol. The summed E-state index contributed by atoms with van der Waals surface area (Å²) in [6.07, 6.45) is 1.93. The van der Waals surface area contributed by atoms with Gasteiger partial charge in [0.2, 0.25) is 0 Å². The maximum Gasteiger partial charge on any atom is 0.255 e. The van der Waals surface area contributed by atoms with Gasteiger partial charge in [0.1, 0.15) is 0 Å². The summed E-state index contributed by atoms with van der Waals surface area (Å²) in [5.74, 6) is -0.124. The van der Waals surface area contributed by atoms with E-state index < -0.39 is 0 Å². The van der Waals surface area contributed by atoms with Crippen molar-refractivity contribution in [2.24, 2.45) is 7.05 Å². The first-order chi connectivity index (χ1) is 9.61. The van der Waals surface area contributed by atoms with Crippen molar-refractivity contribution in [2.75, 3.05) is 5.32 Å². The maximum absolute atomic E-state index is 12.2. The van der Waals surface area contributed by atoms with Gasteiger partial charge in [-0.1, -0.05) is 23.8 Å². The molecule has 100 valence electrons. The van der Waals surface area contributed by atoms with Gasteiger partial charge in [0.15, 0.2) is 0 Å². The molecule has 4 heteroatoms. The summed E-state index contributed by atoms with van der Waals surface area (Å²) < 4.78 is 1.74. The minimum absolute atomic E-state index is 0.124. The third-order valence-electron chi connectivity index (χ3n) is 3.19. The average Bonchev–Trinajstić information content (AvgIpc) is 2.80. The summed E-state index contributed by atoms with van der Waals surface area (Å²) in [5.41, 5.74) is 3.39. The van der Waals surface area contributed by atoms with E-state index in [0.717, 1.165) is 22.2 Å². The van der Waals surface area contributed by atoms with E-state index in [1.54, 1.807) is 10.7 Å². The van der Waals surface area contributed by atoms with Crippen molar-refractivity contribution < 1.29 is 4.79 Å². The second-order valence-electron chi connectivity index (χ2n) is 4.90. The summed E-state index contributed by atoms with van der Waals surface area (Å²) in [7, 11) is 1.87. The molecule has 0 atom stereocenters. The first kappa shape index (κ1) is 12.4. The zero-order chi connectivity index (χ0) is 14.1. The summed E-state index contributed by atoms with van der Waals surface area (Å²) in [6.45, 7) is 2.01. The highest BCUT2D eigenvalue weighted by Crippen LogP contribution is 2.16. The number of carbonyl (C=O) groups excluding carboxylic acids is 1. The Balaban J connectivity index is 1.86. The smallest absolute Gasteiger partial charge is 0.255 e. The SMILES string of the molecule is Cc1ccc(NC(=O)c2ccc3cn(C)nc3c2)cc1. The van der Waals surface area contributed by atoms with Gasteiger partial charge in [-0.3, -0.25) is 9.48 Å². The minimum atomic E-state index is -0.124. The Morgan fingerprint density at radius 1 is 1.15 bits per heavy atom. The lowest BCUT2D eigenvalue weighted by Crippen LogP contribution is -2.11. The van der Waals surface area contributed by atoms with Crippen LogP contribution in [-0.2, 0) is 7.05 Å². The number of carbonyl (C=O) groups is 1. The quantitative estimate of drug-likeness (QED) is 0.773. The van der Waals surface area contributed by atoms with Gasteiger partial charge in [-0.05, 0) is 31.2 Å². The zero-order valence-electron chi connectivity index (χ0n) is 11.4. The zero-order valence-corrected chi connectivity index (χ0v) is 11.4. The normalized spacial score (nSPS) is 10.7. The van der Waals surface area contributed by atoms with Crippen molar-refractivity contribution in [3.63, 3.8) is 0 Å². The molecule has 20 heavy (non-hydrogen) atoms. The van der Waals surface area contributed by atoms with Crippen molar-refractivity contribution in [2.45, 2.75) is 6.92 Å². The van der Waals surface area contributed by atoms with Crippen LogP contribution in [-0.4, -0.2) is 15.7 Å². The van der Waals surface area contributed by atoms with Crippen molar-refractivity contribution >= 4 is 22.5 Å². The van der Waals surface area contributed by atoms with Gasteiger partial charge in [0, 0.05) is 29.9 Å². The molecular formula is C16H15N3O. The van der Waals surface area contributed by atoms with E-state index in [4.69, 9.17) is 0 Å². The van der Waals surface area contributed by atoms with E-state index in [1.165, 1.54) is 0 Å². The molecule has 0 aliphatic heterocycles. The van der Waals surface area contributed by atoms with E-state index in [9.17, 15) is 4.79 Å². The number of amides is 1. The number of nitrogens with one attached hydrogen (secondary N) is 1. The molecule has 0 saturated carbocycles. The Bertz CT molecular complexity index is 772. The average molecular weight is 265 g/mol. The third-order valence-corrected chi connectivity index (χ3v) is 3.19. The monoisotopic (exact) mass is 265 g/mol. The molecule has 1 heterocycles. The second kappa shape index (κ2) is 4.81. The molecule has 2 aromatic carbocycles. The molecule has 1 N–H and O–H groups in total. The van der Waals surface area contributed by atoms with Gasteiger partial charge in [0.25, 0.3) is 5.91 Å². The molecule has 0 radical (unpaired) electrons. The molecule has 0 spiro atoms. The van der Waals surface area contributed by atoms with Crippen LogP contribution in [0.1, 0.15) is 15.9 Å². The largest absolute Gasteiger partial charge is 0.322 e. The Hall–Kier alpha value is -2.62. The van der Waals surface area contributed by atoms with Gasteiger partial charge in [0.05, 0.1) is 5.52 Å². The molecule has 3 rings (SSSR count). The van der Waals surface area contributed by atoms with Gasteiger partial charge in [-0.25, -0.2) is 0 Å². The molecule has 0 fully saturated rings. The highest BCUT2D eigenvalue weighted by atomic mass is 16.1. The van der Waals surface area contributed by atoms with Gasteiger partial charge < -0.3 is 5.32 Å². The van der Waals surface area contributed by atoms with Crippen LogP contribution in [0.4, 0.5) is 5.69 Å². The van der Waals surface area contributed by atoms with E-state index in [2.05, 4.69) is 10.4 Å². The van der Waals surface area contributed by atoms with Crippen LogP contribution in [0.5, 0.6) is 0 Å². The molecule has 1 aromatic heterocycles. The molecular weight excluding hydrogens is 250 g/mol. The number of hydrogen-bond donors (Lipinski definition) is 1. The third kappa shape index (κ3) is 2.40. The number of nitrogens with zero attached hydrogens (tertiary/aromatic N) is 2. The number of anilines is 1. The van der Waals surface area contributed by atoms with Crippen molar-refractivity contribution in [1.82, 2.24) is 9.78 Å². The number of hydrogen-bond acceptors (Lipinski definition) is 2. The van der Waals surface area contributed by atoms with E-state index in [1.807, 2.05) is 56.6 Å². The van der Waals surface area contributed by atoms with E-state index in [-0.39, 0.29) is 5.91 Å². The van der Waals surface area contributed by atoms with Crippen LogP contribution in [0.15, 0.2) is 48.7 Å². The molecule has 1 amide bonds. The lowest BCUT2D eigenvalue weighted by atomic mass is 10.1. The fourth-order valence-corrected chi connectivity index (χ4v) is 2.12. The van der Waals surface area contributed by atoms with Crippen LogP contribution in [0.2, 0.25) is 0 Å². The van der Waals surface area contributed by atoms with E-state index in [0.29, 0.717) is 5.56 Å². The molecule has 0 aliphatic rings. The fraction of sp³-hybridized carbons (Fsp3) is 0.125. The highest BCUT2D eigenvalue weighted by Gasteiger charge is 2.08. The molecule has 0 aliphatic carbocycles. The Labute approximate surface area is 117 Å². The van der Waals surface area contributed by atoms with Crippen molar-refractivity contribution in [3.8, 4) is 0 Å². The number of aromatic nitrogens is 2. The summed E-state index contributed by atoms with van der Waals surface area (Å²) in [6, 6.07) is 13.3. The number of aryl methyl sites for hydroxylation is 2. The lowest BCUT2D eigenvalue weighted by Gasteiger charge is -2.05. The molecule has 4 nitrogen and oxygen atoms in total. The molecule has 0 bridgehead atoms. The second-order valence-corrected chi connectivity index (χ2v) is 4.90. The summed E-state index contributed by atoms with van der Waals surface area (Å²) in [5, 5.41) is 8.22. The number of fused-ring (bicyclic) bond motifs is 1. The van der Waals surface area contributed by atoms with Gasteiger partial charge >= 0.3 is 0 Å². The first-order valence-corrected chi connectivity index (χ1v) is 6.43. The fourth-order valence-electron chi connectivity index (χ4n) is 2.12. The Morgan fingerprint density at radius 3 is 2.65 bits per heavy atom. The van der Waals surface area contributed by atoms with Gasteiger partial charge in [-0.15, -0.1) is 0 Å². The molecule has 0 saturated heterocycles.